The fourth-order valence-electron chi connectivity index (χ4n) is 1.43. The van der Waals surface area contributed by atoms with Crippen LogP contribution in [0.25, 0.3) is 6.08 Å². The Morgan fingerprint density at radius 3 is 2.72 bits per heavy atom. The van der Waals surface area contributed by atoms with Gasteiger partial charge < -0.3 is 10.4 Å². The maximum Gasteiger partial charge on any atom is 0.328 e. The number of hydrogen-bond acceptors (Lipinski definition) is 3. The summed E-state index contributed by atoms with van der Waals surface area (Å²) in [6, 6.07) is 5.36. The van der Waals surface area contributed by atoms with Crippen molar-refractivity contribution >= 4 is 35.4 Å². The molecule has 4 nitrogen and oxygen atoms in total. The Labute approximate surface area is 110 Å². The molecule has 1 aromatic carbocycles. The number of benzene rings is 1. The largest absolute Gasteiger partial charge is 0.478 e. The van der Waals surface area contributed by atoms with E-state index in [-0.39, 0.29) is 5.91 Å². The molecule has 0 radical (unpaired) electrons. The molecule has 96 valence electrons. The van der Waals surface area contributed by atoms with Gasteiger partial charge >= 0.3 is 5.97 Å². The second kappa shape index (κ2) is 6.86. The zero-order valence-electron chi connectivity index (χ0n) is 10.3. The van der Waals surface area contributed by atoms with Crippen molar-refractivity contribution in [1.29, 1.82) is 0 Å². The Morgan fingerprint density at radius 1 is 1.44 bits per heavy atom. The van der Waals surface area contributed by atoms with E-state index in [1.165, 1.54) is 17.8 Å². The van der Waals surface area contributed by atoms with E-state index in [1.807, 2.05) is 19.2 Å². The molecular formula is C13H15NO3S. The Hall–Kier alpha value is -1.75. The number of hydrogen-bond donors (Lipinski definition) is 2. The van der Waals surface area contributed by atoms with Crippen LogP contribution in [0.15, 0.2) is 24.3 Å². The van der Waals surface area contributed by atoms with Crippen LogP contribution in [0.3, 0.4) is 0 Å². The minimum Gasteiger partial charge on any atom is -0.478 e. The molecule has 0 saturated heterocycles. The number of carboxylic acids is 1. The molecule has 0 spiro atoms. The lowest BCUT2D eigenvalue weighted by molar-refractivity contribution is -0.131. The van der Waals surface area contributed by atoms with E-state index >= 15 is 0 Å². The predicted molar refractivity (Wildman–Crippen MR) is 74.9 cm³/mol. The average molecular weight is 265 g/mol. The molecule has 0 bridgehead atoms. The highest BCUT2D eigenvalue weighted by molar-refractivity contribution is 7.99. The molecule has 0 aliphatic heterocycles. The van der Waals surface area contributed by atoms with E-state index in [4.69, 9.17) is 5.11 Å². The number of amides is 1. The zero-order valence-corrected chi connectivity index (χ0v) is 11.1. The summed E-state index contributed by atoms with van der Waals surface area (Å²) < 4.78 is 0. The maximum atomic E-state index is 11.4. The molecule has 18 heavy (non-hydrogen) atoms. The molecule has 0 aliphatic rings. The highest BCUT2D eigenvalue weighted by Gasteiger charge is 2.02. The molecule has 0 aromatic heterocycles. The van der Waals surface area contributed by atoms with Gasteiger partial charge in [-0.05, 0) is 42.5 Å². The van der Waals surface area contributed by atoms with Crippen LogP contribution in [-0.2, 0) is 9.59 Å². The summed E-state index contributed by atoms with van der Waals surface area (Å²) in [4.78, 5) is 21.8. The number of thioether (sulfide) groups is 1. The van der Waals surface area contributed by atoms with Crippen LogP contribution < -0.4 is 5.32 Å². The van der Waals surface area contributed by atoms with Crippen LogP contribution >= 0.6 is 11.8 Å². The lowest BCUT2D eigenvalue weighted by Crippen LogP contribution is -2.13. The molecule has 1 rings (SSSR count). The van der Waals surface area contributed by atoms with Crippen LogP contribution in [0, 0.1) is 6.92 Å². The van der Waals surface area contributed by atoms with Gasteiger partial charge in [0.1, 0.15) is 0 Å². The fraction of sp³-hybridized carbons (Fsp3) is 0.231. The minimum absolute atomic E-state index is 0.0456. The standard InChI is InChI=1S/C13H15NO3S/c1-9-7-11(14-12(15)8-18-2)5-3-10(9)4-6-13(16)17/h3-7H,8H2,1-2H3,(H,14,15)(H,16,17). The topological polar surface area (TPSA) is 66.4 Å². The molecule has 0 saturated carbocycles. The SMILES string of the molecule is CSCC(=O)Nc1ccc(C=CC(=O)O)c(C)c1. The van der Waals surface area contributed by atoms with Crippen molar-refractivity contribution in [2.24, 2.45) is 0 Å². The van der Waals surface area contributed by atoms with Crippen molar-refractivity contribution in [2.45, 2.75) is 6.92 Å². The van der Waals surface area contributed by atoms with E-state index in [2.05, 4.69) is 5.32 Å². The third-order valence-electron chi connectivity index (χ3n) is 2.23. The Bertz CT molecular complexity index is 483. The highest BCUT2D eigenvalue weighted by atomic mass is 32.2. The van der Waals surface area contributed by atoms with Crippen LogP contribution in [0.4, 0.5) is 5.69 Å². The van der Waals surface area contributed by atoms with Gasteiger partial charge in [-0.25, -0.2) is 4.79 Å². The molecule has 0 heterocycles. The number of aryl methyl sites for hydroxylation is 1. The van der Waals surface area contributed by atoms with Crippen molar-refractivity contribution in [3.05, 3.63) is 35.4 Å². The van der Waals surface area contributed by atoms with Crippen molar-refractivity contribution in [1.82, 2.24) is 0 Å². The van der Waals surface area contributed by atoms with Crippen molar-refractivity contribution in [3.8, 4) is 0 Å². The molecular weight excluding hydrogens is 250 g/mol. The van der Waals surface area contributed by atoms with Crippen LogP contribution in [0.5, 0.6) is 0 Å². The molecule has 2 N–H and O–H groups in total. The number of rotatable bonds is 5. The Morgan fingerprint density at radius 2 is 2.17 bits per heavy atom. The van der Waals surface area contributed by atoms with Gasteiger partial charge in [-0.1, -0.05) is 6.07 Å². The van der Waals surface area contributed by atoms with E-state index in [9.17, 15) is 9.59 Å². The molecule has 1 aromatic rings. The Kier molecular flexibility index (Phi) is 5.45. The third kappa shape index (κ3) is 4.63. The Balaban J connectivity index is 2.79. The lowest BCUT2D eigenvalue weighted by atomic mass is 10.1. The average Bonchev–Trinajstić information content (AvgIpc) is 2.28. The van der Waals surface area contributed by atoms with E-state index in [0.29, 0.717) is 5.75 Å². The smallest absolute Gasteiger partial charge is 0.328 e. The summed E-state index contributed by atoms with van der Waals surface area (Å²) in [5.74, 6) is -0.609. The van der Waals surface area contributed by atoms with Gasteiger partial charge in [0, 0.05) is 11.8 Å². The van der Waals surface area contributed by atoms with Crippen LogP contribution in [0.1, 0.15) is 11.1 Å². The van der Waals surface area contributed by atoms with Gasteiger partial charge in [0.15, 0.2) is 0 Å². The number of anilines is 1. The lowest BCUT2D eigenvalue weighted by Gasteiger charge is -2.07. The van der Waals surface area contributed by atoms with Gasteiger partial charge in [0.05, 0.1) is 5.75 Å². The first kappa shape index (κ1) is 14.3. The second-order valence-electron chi connectivity index (χ2n) is 3.72. The van der Waals surface area contributed by atoms with E-state index in [0.717, 1.165) is 22.9 Å². The summed E-state index contributed by atoms with van der Waals surface area (Å²) in [6.45, 7) is 1.87. The van der Waals surface area contributed by atoms with Gasteiger partial charge in [0.25, 0.3) is 0 Å². The number of aliphatic carboxylic acids is 1. The molecule has 0 atom stereocenters. The minimum atomic E-state index is -0.980. The summed E-state index contributed by atoms with van der Waals surface area (Å²) in [7, 11) is 0. The van der Waals surface area contributed by atoms with E-state index in [1.54, 1.807) is 12.1 Å². The maximum absolute atomic E-state index is 11.4. The summed E-state index contributed by atoms with van der Waals surface area (Å²) in [5, 5.41) is 11.3. The number of nitrogens with one attached hydrogen (secondary N) is 1. The zero-order chi connectivity index (χ0) is 13.5. The quantitative estimate of drug-likeness (QED) is 0.802. The summed E-state index contributed by atoms with van der Waals surface area (Å²) >= 11 is 1.46. The second-order valence-corrected chi connectivity index (χ2v) is 4.59. The summed E-state index contributed by atoms with van der Waals surface area (Å²) in [5.41, 5.74) is 2.45. The number of carbonyl (C=O) groups excluding carboxylic acids is 1. The third-order valence-corrected chi connectivity index (χ3v) is 2.79. The predicted octanol–water partition coefficient (Wildman–Crippen LogP) is 2.39. The molecule has 5 heteroatoms. The monoisotopic (exact) mass is 265 g/mol. The first-order valence-corrected chi connectivity index (χ1v) is 6.72. The van der Waals surface area contributed by atoms with Crippen molar-refractivity contribution < 1.29 is 14.7 Å². The van der Waals surface area contributed by atoms with E-state index < -0.39 is 5.97 Å². The normalized spacial score (nSPS) is 10.6. The highest BCUT2D eigenvalue weighted by Crippen LogP contribution is 2.16. The first-order chi connectivity index (χ1) is 8.52. The summed E-state index contributed by atoms with van der Waals surface area (Å²) in [6.07, 6.45) is 4.49. The fourth-order valence-corrected chi connectivity index (χ4v) is 1.76. The van der Waals surface area contributed by atoms with Gasteiger partial charge in [-0.2, -0.15) is 11.8 Å². The van der Waals surface area contributed by atoms with Crippen LogP contribution in [0.2, 0.25) is 0 Å². The van der Waals surface area contributed by atoms with Crippen molar-refractivity contribution in [3.63, 3.8) is 0 Å². The molecule has 1 amide bonds. The molecule has 0 fully saturated rings. The van der Waals surface area contributed by atoms with Gasteiger partial charge in [-0.15, -0.1) is 0 Å². The molecule has 0 aliphatic carbocycles. The molecule has 0 unspecified atom stereocenters. The van der Waals surface area contributed by atoms with Gasteiger partial charge in [0.2, 0.25) is 5.91 Å². The van der Waals surface area contributed by atoms with Gasteiger partial charge in [-0.3, -0.25) is 4.79 Å². The number of carbonyl (C=O) groups is 2. The van der Waals surface area contributed by atoms with Crippen molar-refractivity contribution in [2.75, 3.05) is 17.3 Å². The number of carboxylic acid groups (broad SMARTS) is 1. The first-order valence-electron chi connectivity index (χ1n) is 5.33. The van der Waals surface area contributed by atoms with Crippen LogP contribution in [-0.4, -0.2) is 29.0 Å².